The molecule has 94 valence electrons. The lowest BCUT2D eigenvalue weighted by molar-refractivity contribution is 0.1000. The lowest BCUT2D eigenvalue weighted by Gasteiger charge is -2.13. The van der Waals surface area contributed by atoms with Crippen LogP contribution in [0, 0.1) is 5.92 Å². The van der Waals surface area contributed by atoms with Gasteiger partial charge in [-0.3, -0.25) is 9.79 Å². The lowest BCUT2D eigenvalue weighted by atomic mass is 10.00. The first kappa shape index (κ1) is 11.2. The molecule has 1 aromatic rings. The third-order valence-corrected chi connectivity index (χ3v) is 3.63. The number of nitrogens with zero attached hydrogens (tertiary/aromatic N) is 1. The second kappa shape index (κ2) is 3.81. The molecule has 1 heterocycles. The SMILES string of the molecule is NC(=O)c1cccc(C23CC2COCC(N)=N3)c1. The molecule has 1 saturated carbocycles. The Morgan fingerprint density at radius 3 is 3.11 bits per heavy atom. The van der Waals surface area contributed by atoms with Gasteiger partial charge in [0.1, 0.15) is 12.4 Å². The fourth-order valence-electron chi connectivity index (χ4n) is 2.60. The molecule has 1 aromatic carbocycles. The molecule has 2 aliphatic rings. The summed E-state index contributed by atoms with van der Waals surface area (Å²) in [5, 5.41) is 0. The molecule has 5 nitrogen and oxygen atoms in total. The minimum atomic E-state index is -0.424. The van der Waals surface area contributed by atoms with Crippen LogP contribution in [0.4, 0.5) is 0 Å². The van der Waals surface area contributed by atoms with Crippen LogP contribution in [0.3, 0.4) is 0 Å². The van der Waals surface area contributed by atoms with Crippen molar-refractivity contribution in [2.24, 2.45) is 22.4 Å². The number of amides is 1. The number of benzene rings is 1. The maximum absolute atomic E-state index is 11.2. The molecule has 0 aromatic heterocycles. The monoisotopic (exact) mass is 245 g/mol. The summed E-state index contributed by atoms with van der Waals surface area (Å²) in [6.07, 6.45) is 0.913. The zero-order chi connectivity index (χ0) is 12.8. The molecular weight excluding hydrogens is 230 g/mol. The van der Waals surface area contributed by atoms with Crippen LogP contribution in [0.2, 0.25) is 0 Å². The largest absolute Gasteiger partial charge is 0.386 e. The smallest absolute Gasteiger partial charge is 0.248 e. The molecule has 2 unspecified atom stereocenters. The second-order valence-corrected chi connectivity index (χ2v) is 4.89. The van der Waals surface area contributed by atoms with E-state index in [1.165, 1.54) is 0 Å². The van der Waals surface area contributed by atoms with Crippen molar-refractivity contribution < 1.29 is 9.53 Å². The van der Waals surface area contributed by atoms with Crippen molar-refractivity contribution in [2.75, 3.05) is 13.2 Å². The maximum Gasteiger partial charge on any atom is 0.248 e. The van der Waals surface area contributed by atoms with E-state index in [1.807, 2.05) is 18.2 Å². The number of primary amides is 1. The fourth-order valence-corrected chi connectivity index (χ4v) is 2.60. The summed E-state index contributed by atoms with van der Waals surface area (Å²) in [5.74, 6) is 0.438. The molecule has 0 bridgehead atoms. The lowest BCUT2D eigenvalue weighted by Crippen LogP contribution is -2.20. The quantitative estimate of drug-likeness (QED) is 0.789. The highest BCUT2D eigenvalue weighted by Crippen LogP contribution is 2.56. The maximum atomic E-state index is 11.2. The van der Waals surface area contributed by atoms with Gasteiger partial charge in [0, 0.05) is 11.5 Å². The van der Waals surface area contributed by atoms with E-state index >= 15 is 0 Å². The third-order valence-electron chi connectivity index (χ3n) is 3.63. The van der Waals surface area contributed by atoms with Crippen LogP contribution in [-0.2, 0) is 10.3 Å². The molecule has 3 rings (SSSR count). The van der Waals surface area contributed by atoms with Gasteiger partial charge in [0.25, 0.3) is 0 Å². The predicted molar refractivity (Wildman–Crippen MR) is 67.2 cm³/mol. The van der Waals surface area contributed by atoms with E-state index in [9.17, 15) is 4.79 Å². The van der Waals surface area contributed by atoms with Gasteiger partial charge in [0.05, 0.1) is 12.1 Å². The average Bonchev–Trinajstić information content (AvgIpc) is 3.04. The Kier molecular flexibility index (Phi) is 2.38. The van der Waals surface area contributed by atoms with Crippen molar-refractivity contribution in [3.8, 4) is 0 Å². The van der Waals surface area contributed by atoms with Crippen LogP contribution in [-0.4, -0.2) is 25.0 Å². The third kappa shape index (κ3) is 1.67. The Morgan fingerprint density at radius 2 is 2.33 bits per heavy atom. The standard InChI is InChI=1S/C13H15N3O2/c14-11-7-18-6-10-5-13(10,16-11)9-3-1-2-8(4-9)12(15)17/h1-4,10H,5-7H2,(H2,14,16)(H2,15,17). The van der Waals surface area contributed by atoms with E-state index in [-0.39, 0.29) is 5.54 Å². The summed E-state index contributed by atoms with van der Waals surface area (Å²) in [4.78, 5) is 15.8. The Morgan fingerprint density at radius 1 is 1.50 bits per heavy atom. The second-order valence-electron chi connectivity index (χ2n) is 4.89. The predicted octanol–water partition coefficient (Wildman–Crippen LogP) is 0.388. The first-order chi connectivity index (χ1) is 8.62. The molecule has 0 saturated heterocycles. The van der Waals surface area contributed by atoms with Gasteiger partial charge >= 0.3 is 0 Å². The highest BCUT2D eigenvalue weighted by molar-refractivity contribution is 5.93. The Hall–Kier alpha value is -1.88. The number of ether oxygens (including phenoxy) is 1. The van der Waals surface area contributed by atoms with Crippen molar-refractivity contribution >= 4 is 11.7 Å². The van der Waals surface area contributed by atoms with Gasteiger partial charge in [-0.2, -0.15) is 0 Å². The fraction of sp³-hybridized carbons (Fsp3) is 0.385. The van der Waals surface area contributed by atoms with E-state index in [0.29, 0.717) is 30.5 Å². The molecule has 1 fully saturated rings. The minimum Gasteiger partial charge on any atom is -0.386 e. The first-order valence-electron chi connectivity index (χ1n) is 5.94. The van der Waals surface area contributed by atoms with Gasteiger partial charge in [0.2, 0.25) is 5.91 Å². The molecule has 1 amide bonds. The van der Waals surface area contributed by atoms with Gasteiger partial charge < -0.3 is 16.2 Å². The summed E-state index contributed by atoms with van der Waals surface area (Å²) in [6, 6.07) is 7.32. The molecule has 0 spiro atoms. The summed E-state index contributed by atoms with van der Waals surface area (Å²) in [5.41, 5.74) is 12.3. The number of hydrogen-bond donors (Lipinski definition) is 2. The van der Waals surface area contributed by atoms with E-state index in [1.54, 1.807) is 6.07 Å². The molecule has 1 aliphatic heterocycles. The highest BCUT2D eigenvalue weighted by atomic mass is 16.5. The minimum absolute atomic E-state index is 0.300. The summed E-state index contributed by atoms with van der Waals surface area (Å²) in [7, 11) is 0. The van der Waals surface area contributed by atoms with Crippen molar-refractivity contribution in [3.05, 3.63) is 35.4 Å². The molecule has 5 heteroatoms. The molecule has 4 N–H and O–H groups in total. The van der Waals surface area contributed by atoms with Gasteiger partial charge in [-0.25, -0.2) is 0 Å². The number of rotatable bonds is 2. The van der Waals surface area contributed by atoms with Gasteiger partial charge in [-0.05, 0) is 24.1 Å². The Labute approximate surface area is 105 Å². The number of fused-ring (bicyclic) bond motifs is 1. The summed E-state index contributed by atoms with van der Waals surface area (Å²) >= 11 is 0. The number of amidine groups is 1. The molecule has 0 radical (unpaired) electrons. The summed E-state index contributed by atoms with van der Waals surface area (Å²) in [6.45, 7) is 1.04. The van der Waals surface area contributed by atoms with E-state index in [4.69, 9.17) is 16.2 Å². The van der Waals surface area contributed by atoms with Crippen LogP contribution in [0.5, 0.6) is 0 Å². The van der Waals surface area contributed by atoms with Crippen molar-refractivity contribution in [2.45, 2.75) is 12.0 Å². The number of nitrogens with two attached hydrogens (primary N) is 2. The van der Waals surface area contributed by atoms with Gasteiger partial charge in [0.15, 0.2) is 0 Å². The number of aliphatic imine (C=N–C) groups is 1. The molecular formula is C13H15N3O2. The Balaban J connectivity index is 2.02. The van der Waals surface area contributed by atoms with Crippen LogP contribution in [0.15, 0.2) is 29.3 Å². The van der Waals surface area contributed by atoms with Gasteiger partial charge in [-0.1, -0.05) is 12.1 Å². The Bertz CT molecular complexity index is 541. The molecule has 1 aliphatic carbocycles. The van der Waals surface area contributed by atoms with Crippen LogP contribution >= 0.6 is 0 Å². The molecule has 2 atom stereocenters. The van der Waals surface area contributed by atoms with E-state index < -0.39 is 5.91 Å². The zero-order valence-electron chi connectivity index (χ0n) is 9.93. The van der Waals surface area contributed by atoms with Crippen molar-refractivity contribution in [3.63, 3.8) is 0 Å². The molecule has 18 heavy (non-hydrogen) atoms. The number of carbonyl (C=O) groups excluding carboxylic acids is 1. The van der Waals surface area contributed by atoms with Crippen LogP contribution in [0.1, 0.15) is 22.3 Å². The van der Waals surface area contributed by atoms with Crippen molar-refractivity contribution in [1.82, 2.24) is 0 Å². The normalized spacial score (nSPS) is 30.0. The topological polar surface area (TPSA) is 90.7 Å². The van der Waals surface area contributed by atoms with Crippen LogP contribution in [0.25, 0.3) is 0 Å². The first-order valence-corrected chi connectivity index (χ1v) is 5.94. The zero-order valence-corrected chi connectivity index (χ0v) is 9.93. The van der Waals surface area contributed by atoms with Crippen LogP contribution < -0.4 is 11.5 Å². The number of carbonyl (C=O) groups is 1. The summed E-state index contributed by atoms with van der Waals surface area (Å²) < 4.78 is 5.44. The number of hydrogen-bond acceptors (Lipinski definition) is 4. The van der Waals surface area contributed by atoms with Gasteiger partial charge in [-0.15, -0.1) is 0 Å². The highest BCUT2D eigenvalue weighted by Gasteiger charge is 2.56. The van der Waals surface area contributed by atoms with Crippen molar-refractivity contribution in [1.29, 1.82) is 0 Å². The average molecular weight is 245 g/mol. The van der Waals surface area contributed by atoms with E-state index in [2.05, 4.69) is 4.99 Å². The van der Waals surface area contributed by atoms with E-state index in [0.717, 1.165) is 12.0 Å².